The first-order valence-corrected chi connectivity index (χ1v) is 6.11. The minimum absolute atomic E-state index is 0.604. The van der Waals surface area contributed by atoms with Crippen molar-refractivity contribution in [3.05, 3.63) is 11.7 Å². The molecule has 0 saturated carbocycles. The Morgan fingerprint density at radius 2 is 2.40 bits per heavy atom. The van der Waals surface area contributed by atoms with Crippen LogP contribution in [0, 0.1) is 0 Å². The van der Waals surface area contributed by atoms with Crippen LogP contribution in [-0.2, 0) is 17.0 Å². The highest BCUT2D eigenvalue weighted by Gasteiger charge is 2.04. The fraction of sp³-hybridized carbons (Fsp3) is 0.778. The molecule has 1 N–H and O–H groups in total. The Balaban J connectivity index is 2.20. The van der Waals surface area contributed by atoms with Gasteiger partial charge in [-0.1, -0.05) is 12.1 Å². The lowest BCUT2D eigenvalue weighted by Gasteiger charge is -1.98. The van der Waals surface area contributed by atoms with Crippen LogP contribution in [0.25, 0.3) is 0 Å². The second-order valence-corrected chi connectivity index (χ2v) is 4.19. The molecule has 0 radical (unpaired) electrons. The predicted octanol–water partition coefficient (Wildman–Crippen LogP) is 1.06. The number of ether oxygens (including phenoxy) is 1. The van der Waals surface area contributed by atoms with Crippen molar-refractivity contribution in [1.82, 2.24) is 15.5 Å². The van der Waals surface area contributed by atoms with Crippen LogP contribution in [0.1, 0.15) is 18.6 Å². The van der Waals surface area contributed by atoms with Gasteiger partial charge < -0.3 is 14.6 Å². The van der Waals surface area contributed by atoms with Gasteiger partial charge in [-0.2, -0.15) is 16.7 Å². The molecule has 0 amide bonds. The Labute approximate surface area is 94.0 Å². The third-order valence-electron chi connectivity index (χ3n) is 1.70. The quantitative estimate of drug-likeness (QED) is 0.675. The molecule has 0 fully saturated rings. The Hall–Kier alpha value is -0.590. The lowest BCUT2D eigenvalue weighted by molar-refractivity contribution is 0.197. The minimum atomic E-state index is 0.604. The molecule has 0 aliphatic rings. The van der Waals surface area contributed by atoms with E-state index >= 15 is 0 Å². The van der Waals surface area contributed by atoms with E-state index in [0.29, 0.717) is 19.0 Å². The monoisotopic (exact) mass is 231 g/mol. The van der Waals surface area contributed by atoms with Crippen LogP contribution in [0.3, 0.4) is 0 Å². The van der Waals surface area contributed by atoms with Crippen LogP contribution in [0.2, 0.25) is 0 Å². The van der Waals surface area contributed by atoms with Gasteiger partial charge in [-0.05, 0) is 5.75 Å². The molecule has 15 heavy (non-hydrogen) atoms. The molecule has 0 aliphatic carbocycles. The molecule has 1 heterocycles. The zero-order valence-electron chi connectivity index (χ0n) is 9.15. The second-order valence-electron chi connectivity index (χ2n) is 2.91. The molecule has 0 aromatic carbocycles. The Kier molecular flexibility index (Phi) is 6.38. The summed E-state index contributed by atoms with van der Waals surface area (Å²) in [6, 6.07) is 0. The van der Waals surface area contributed by atoms with E-state index in [1.54, 1.807) is 18.9 Å². The van der Waals surface area contributed by atoms with Gasteiger partial charge in [0.1, 0.15) is 0 Å². The van der Waals surface area contributed by atoms with E-state index in [0.717, 1.165) is 23.9 Å². The molecule has 0 atom stereocenters. The summed E-state index contributed by atoms with van der Waals surface area (Å²) >= 11 is 1.78. The molecule has 1 aromatic heterocycles. The number of nitrogens with one attached hydrogen (secondary N) is 1. The maximum atomic E-state index is 5.06. The average Bonchev–Trinajstić information content (AvgIpc) is 2.69. The van der Waals surface area contributed by atoms with Crippen molar-refractivity contribution in [3.8, 4) is 0 Å². The van der Waals surface area contributed by atoms with Crippen molar-refractivity contribution in [3.63, 3.8) is 0 Å². The van der Waals surface area contributed by atoms with E-state index in [9.17, 15) is 0 Å². The largest absolute Gasteiger partial charge is 0.383 e. The first-order valence-electron chi connectivity index (χ1n) is 4.95. The van der Waals surface area contributed by atoms with Gasteiger partial charge in [0, 0.05) is 13.7 Å². The molecular formula is C9H17N3O2S. The van der Waals surface area contributed by atoms with Crippen LogP contribution in [0.4, 0.5) is 0 Å². The summed E-state index contributed by atoms with van der Waals surface area (Å²) in [5.74, 6) is 3.29. The highest BCUT2D eigenvalue weighted by atomic mass is 32.2. The Morgan fingerprint density at radius 3 is 3.13 bits per heavy atom. The van der Waals surface area contributed by atoms with Crippen molar-refractivity contribution in [2.24, 2.45) is 0 Å². The highest BCUT2D eigenvalue weighted by Crippen LogP contribution is 2.08. The number of nitrogens with zero attached hydrogens (tertiary/aromatic N) is 2. The molecule has 0 aliphatic heterocycles. The highest BCUT2D eigenvalue weighted by molar-refractivity contribution is 7.98. The number of aromatic nitrogens is 2. The van der Waals surface area contributed by atoms with E-state index in [2.05, 4.69) is 22.4 Å². The first kappa shape index (κ1) is 12.5. The van der Waals surface area contributed by atoms with E-state index in [4.69, 9.17) is 9.26 Å². The minimum Gasteiger partial charge on any atom is -0.383 e. The molecular weight excluding hydrogens is 214 g/mol. The maximum absolute atomic E-state index is 5.06. The molecule has 6 heteroatoms. The zero-order valence-corrected chi connectivity index (χ0v) is 9.97. The summed E-state index contributed by atoms with van der Waals surface area (Å²) in [6.07, 6.45) is 0. The normalized spacial score (nSPS) is 10.8. The van der Waals surface area contributed by atoms with Gasteiger partial charge in [-0.25, -0.2) is 0 Å². The number of thioether (sulfide) groups is 1. The summed E-state index contributed by atoms with van der Waals surface area (Å²) in [4.78, 5) is 4.24. The van der Waals surface area contributed by atoms with Crippen LogP contribution in [0.15, 0.2) is 4.52 Å². The van der Waals surface area contributed by atoms with Gasteiger partial charge >= 0.3 is 0 Å². The van der Waals surface area contributed by atoms with E-state index < -0.39 is 0 Å². The molecule has 0 saturated heterocycles. The fourth-order valence-corrected chi connectivity index (χ4v) is 1.49. The van der Waals surface area contributed by atoms with Crippen LogP contribution in [0.5, 0.6) is 0 Å². The van der Waals surface area contributed by atoms with Gasteiger partial charge in [0.05, 0.1) is 18.9 Å². The van der Waals surface area contributed by atoms with E-state index in [1.165, 1.54) is 0 Å². The molecule has 0 bridgehead atoms. The lowest BCUT2D eigenvalue weighted by atomic mass is 10.6. The van der Waals surface area contributed by atoms with Crippen molar-refractivity contribution >= 4 is 11.8 Å². The average molecular weight is 231 g/mol. The zero-order chi connectivity index (χ0) is 10.9. The van der Waals surface area contributed by atoms with Gasteiger partial charge in [-0.15, -0.1) is 0 Å². The molecule has 86 valence electrons. The third kappa shape index (κ3) is 5.15. The summed E-state index contributed by atoms with van der Waals surface area (Å²) < 4.78 is 9.97. The summed E-state index contributed by atoms with van der Waals surface area (Å²) in [5, 5.41) is 7.02. The Bertz CT molecular complexity index is 268. The Morgan fingerprint density at radius 1 is 1.53 bits per heavy atom. The maximum Gasteiger partial charge on any atom is 0.240 e. The summed E-state index contributed by atoms with van der Waals surface area (Å²) in [7, 11) is 1.68. The summed E-state index contributed by atoms with van der Waals surface area (Å²) in [6.45, 7) is 4.19. The molecule has 0 unspecified atom stereocenters. The molecule has 1 rings (SSSR count). The molecule has 1 aromatic rings. The van der Waals surface area contributed by atoms with E-state index in [-0.39, 0.29) is 0 Å². The van der Waals surface area contributed by atoms with Gasteiger partial charge in [0.15, 0.2) is 5.82 Å². The lowest BCUT2D eigenvalue weighted by Crippen LogP contribution is -2.18. The number of hydrogen-bond acceptors (Lipinski definition) is 6. The fourth-order valence-electron chi connectivity index (χ4n) is 0.983. The topological polar surface area (TPSA) is 60.2 Å². The predicted molar refractivity (Wildman–Crippen MR) is 59.7 cm³/mol. The third-order valence-corrected chi connectivity index (χ3v) is 2.58. The van der Waals surface area contributed by atoms with Crippen LogP contribution in [-0.4, -0.2) is 36.2 Å². The molecule has 5 nitrogen and oxygen atoms in total. The standard InChI is InChI=1S/C9H17N3O2S/c1-3-15-7-8-11-9(14-12-8)6-10-4-5-13-2/h10H,3-7H2,1-2H3. The first-order chi connectivity index (χ1) is 7.36. The van der Waals surface area contributed by atoms with E-state index in [1.807, 2.05) is 0 Å². The van der Waals surface area contributed by atoms with Crippen molar-refractivity contribution in [2.45, 2.75) is 19.2 Å². The number of methoxy groups -OCH3 is 1. The second kappa shape index (κ2) is 7.67. The van der Waals surface area contributed by atoms with Gasteiger partial charge in [0.25, 0.3) is 0 Å². The van der Waals surface area contributed by atoms with Crippen LogP contribution < -0.4 is 5.32 Å². The summed E-state index contributed by atoms with van der Waals surface area (Å²) in [5.41, 5.74) is 0. The van der Waals surface area contributed by atoms with Gasteiger partial charge in [-0.3, -0.25) is 0 Å². The van der Waals surface area contributed by atoms with Crippen molar-refractivity contribution in [1.29, 1.82) is 0 Å². The van der Waals surface area contributed by atoms with Crippen molar-refractivity contribution in [2.75, 3.05) is 26.0 Å². The SMILES string of the molecule is CCSCc1noc(CNCCOC)n1. The van der Waals surface area contributed by atoms with Crippen LogP contribution >= 0.6 is 11.8 Å². The smallest absolute Gasteiger partial charge is 0.240 e. The van der Waals surface area contributed by atoms with Crippen molar-refractivity contribution < 1.29 is 9.26 Å². The molecule has 0 spiro atoms. The number of hydrogen-bond donors (Lipinski definition) is 1. The van der Waals surface area contributed by atoms with Gasteiger partial charge in [0.2, 0.25) is 5.89 Å². The number of rotatable bonds is 8.